The van der Waals surface area contributed by atoms with E-state index in [0.717, 1.165) is 5.56 Å². The van der Waals surface area contributed by atoms with Gasteiger partial charge in [0.2, 0.25) is 5.91 Å². The zero-order valence-electron chi connectivity index (χ0n) is 13.0. The Kier molecular flexibility index (Phi) is 7.31. The maximum absolute atomic E-state index is 11.9. The van der Waals surface area contributed by atoms with E-state index in [1.54, 1.807) is 31.3 Å². The molecule has 0 spiro atoms. The molecule has 0 saturated carbocycles. The van der Waals surface area contributed by atoms with Crippen LogP contribution in [0.5, 0.6) is 0 Å². The van der Waals surface area contributed by atoms with Gasteiger partial charge in [-0.05, 0) is 49.9 Å². The van der Waals surface area contributed by atoms with Gasteiger partial charge in [-0.1, -0.05) is 0 Å². The van der Waals surface area contributed by atoms with Crippen molar-refractivity contribution in [1.82, 2.24) is 5.32 Å². The summed E-state index contributed by atoms with van der Waals surface area (Å²) in [6, 6.07) is 8.58. The van der Waals surface area contributed by atoms with Crippen LogP contribution in [0.15, 0.2) is 41.0 Å². The smallest absolute Gasteiger partial charge is 0.291 e. The van der Waals surface area contributed by atoms with Crippen molar-refractivity contribution >= 4 is 35.6 Å². The molecule has 1 aromatic heterocycles. The molecule has 6 nitrogen and oxygen atoms in total. The Labute approximate surface area is 141 Å². The van der Waals surface area contributed by atoms with Crippen molar-refractivity contribution in [1.29, 1.82) is 0 Å². The largest absolute Gasteiger partial charge is 0.459 e. The summed E-state index contributed by atoms with van der Waals surface area (Å²) in [6.07, 6.45) is 1.86. The number of hydrogen-bond acceptors (Lipinski definition) is 4. The third-order valence-electron chi connectivity index (χ3n) is 3.11. The lowest BCUT2D eigenvalue weighted by Crippen LogP contribution is -2.19. The molecule has 3 N–H and O–H groups in total. The number of carbonyl (C=O) groups excluding carboxylic acids is 2. The van der Waals surface area contributed by atoms with Crippen LogP contribution in [0.1, 0.15) is 22.5 Å². The summed E-state index contributed by atoms with van der Waals surface area (Å²) in [5.41, 5.74) is 2.23. The number of furan rings is 1. The average Bonchev–Trinajstić information content (AvgIpc) is 3.02. The van der Waals surface area contributed by atoms with Gasteiger partial charge in [0, 0.05) is 24.3 Å². The maximum Gasteiger partial charge on any atom is 0.291 e. The van der Waals surface area contributed by atoms with E-state index in [0.29, 0.717) is 24.3 Å². The summed E-state index contributed by atoms with van der Waals surface area (Å²) in [7, 11) is 1.80. The summed E-state index contributed by atoms with van der Waals surface area (Å²) in [4.78, 5) is 23.6. The van der Waals surface area contributed by atoms with Crippen LogP contribution in [0, 0.1) is 6.92 Å². The maximum atomic E-state index is 11.9. The van der Waals surface area contributed by atoms with E-state index in [9.17, 15) is 9.59 Å². The summed E-state index contributed by atoms with van der Waals surface area (Å²) >= 11 is 0. The van der Waals surface area contributed by atoms with Gasteiger partial charge in [-0.2, -0.15) is 0 Å². The molecule has 0 atom stereocenters. The van der Waals surface area contributed by atoms with Crippen LogP contribution >= 0.6 is 12.4 Å². The van der Waals surface area contributed by atoms with Crippen molar-refractivity contribution in [3.05, 3.63) is 47.9 Å². The minimum atomic E-state index is -0.307. The molecule has 0 aliphatic carbocycles. The van der Waals surface area contributed by atoms with Crippen LogP contribution in [-0.4, -0.2) is 25.4 Å². The Bertz CT molecular complexity index is 657. The number of hydrogen-bond donors (Lipinski definition) is 3. The lowest BCUT2D eigenvalue weighted by Gasteiger charge is -2.10. The van der Waals surface area contributed by atoms with Gasteiger partial charge in [-0.3, -0.25) is 9.59 Å². The Hall–Kier alpha value is -2.31. The fourth-order valence-electron chi connectivity index (χ4n) is 1.94. The van der Waals surface area contributed by atoms with Gasteiger partial charge in [-0.15, -0.1) is 12.4 Å². The van der Waals surface area contributed by atoms with Crippen molar-refractivity contribution in [2.24, 2.45) is 0 Å². The van der Waals surface area contributed by atoms with E-state index in [1.807, 2.05) is 13.0 Å². The monoisotopic (exact) mass is 337 g/mol. The molecule has 7 heteroatoms. The van der Waals surface area contributed by atoms with Crippen molar-refractivity contribution in [2.75, 3.05) is 24.2 Å². The van der Waals surface area contributed by atoms with Crippen LogP contribution in [0.25, 0.3) is 0 Å². The fraction of sp³-hybridized carbons (Fsp3) is 0.250. The second kappa shape index (κ2) is 8.97. The number of rotatable bonds is 6. The first-order chi connectivity index (χ1) is 10.6. The minimum Gasteiger partial charge on any atom is -0.459 e. The molecule has 0 fully saturated rings. The summed E-state index contributed by atoms with van der Waals surface area (Å²) < 4.78 is 5.05. The van der Waals surface area contributed by atoms with Crippen LogP contribution < -0.4 is 16.0 Å². The zero-order chi connectivity index (χ0) is 15.9. The molecule has 2 amide bonds. The number of carbonyl (C=O) groups is 2. The second-order valence-electron chi connectivity index (χ2n) is 4.86. The highest BCUT2D eigenvalue weighted by molar-refractivity contribution is 6.02. The first-order valence-corrected chi connectivity index (χ1v) is 7.00. The molecule has 124 valence electrons. The van der Waals surface area contributed by atoms with E-state index >= 15 is 0 Å². The number of amides is 2. The fourth-order valence-corrected chi connectivity index (χ4v) is 1.94. The van der Waals surface area contributed by atoms with E-state index in [1.165, 1.54) is 6.26 Å². The molecule has 2 aromatic rings. The van der Waals surface area contributed by atoms with E-state index < -0.39 is 0 Å². The van der Waals surface area contributed by atoms with Gasteiger partial charge < -0.3 is 20.4 Å². The lowest BCUT2D eigenvalue weighted by molar-refractivity contribution is -0.116. The van der Waals surface area contributed by atoms with E-state index in [2.05, 4.69) is 16.0 Å². The van der Waals surface area contributed by atoms with E-state index in [-0.39, 0.29) is 30.0 Å². The van der Waals surface area contributed by atoms with Gasteiger partial charge in [0.1, 0.15) is 0 Å². The second-order valence-corrected chi connectivity index (χ2v) is 4.86. The van der Waals surface area contributed by atoms with Crippen molar-refractivity contribution in [3.8, 4) is 0 Å². The first-order valence-electron chi connectivity index (χ1n) is 7.00. The van der Waals surface area contributed by atoms with Crippen LogP contribution in [0.4, 0.5) is 11.4 Å². The Morgan fingerprint density at radius 3 is 2.57 bits per heavy atom. The number of halogens is 1. The molecular formula is C16H20ClN3O3. The van der Waals surface area contributed by atoms with Crippen LogP contribution in [0.3, 0.4) is 0 Å². The lowest BCUT2D eigenvalue weighted by atomic mass is 10.1. The highest BCUT2D eigenvalue weighted by Crippen LogP contribution is 2.20. The van der Waals surface area contributed by atoms with Crippen LogP contribution in [-0.2, 0) is 4.79 Å². The van der Waals surface area contributed by atoms with Gasteiger partial charge in [0.05, 0.1) is 6.26 Å². The highest BCUT2D eigenvalue weighted by atomic mass is 35.5. The van der Waals surface area contributed by atoms with Gasteiger partial charge in [0.25, 0.3) is 5.91 Å². The van der Waals surface area contributed by atoms with Gasteiger partial charge >= 0.3 is 0 Å². The number of aryl methyl sites for hydroxylation is 1. The topological polar surface area (TPSA) is 83.4 Å². The third kappa shape index (κ3) is 5.43. The molecular weight excluding hydrogens is 318 g/mol. The third-order valence-corrected chi connectivity index (χ3v) is 3.11. The SMILES string of the molecule is CNCCC(=O)Nc1ccc(NC(=O)c2ccco2)c(C)c1.Cl. The Morgan fingerprint density at radius 2 is 1.96 bits per heavy atom. The van der Waals surface area contributed by atoms with E-state index in [4.69, 9.17) is 4.42 Å². The molecule has 0 saturated heterocycles. The number of anilines is 2. The summed E-state index contributed by atoms with van der Waals surface area (Å²) in [5, 5.41) is 8.51. The van der Waals surface area contributed by atoms with Crippen LogP contribution in [0.2, 0.25) is 0 Å². The molecule has 23 heavy (non-hydrogen) atoms. The molecule has 0 radical (unpaired) electrons. The molecule has 1 heterocycles. The Morgan fingerprint density at radius 1 is 1.17 bits per heavy atom. The standard InChI is InChI=1S/C16H19N3O3.ClH/c1-11-10-12(18-15(20)7-8-17-2)5-6-13(11)19-16(21)14-4-3-9-22-14;/h3-6,9-10,17H,7-8H2,1-2H3,(H,18,20)(H,19,21);1H. The summed E-state index contributed by atoms with van der Waals surface area (Å²) in [6.45, 7) is 2.49. The molecule has 0 aliphatic rings. The average molecular weight is 338 g/mol. The van der Waals surface area contributed by atoms with Crippen molar-refractivity contribution < 1.29 is 14.0 Å². The first kappa shape index (κ1) is 18.7. The number of benzene rings is 1. The molecule has 0 aliphatic heterocycles. The minimum absolute atomic E-state index is 0. The van der Waals surface area contributed by atoms with Gasteiger partial charge in [0.15, 0.2) is 5.76 Å². The Balaban J connectivity index is 0.00000264. The van der Waals surface area contributed by atoms with Gasteiger partial charge in [-0.25, -0.2) is 0 Å². The number of nitrogens with one attached hydrogen (secondary N) is 3. The normalized spacial score (nSPS) is 9.83. The zero-order valence-corrected chi connectivity index (χ0v) is 13.8. The highest BCUT2D eigenvalue weighted by Gasteiger charge is 2.10. The predicted molar refractivity (Wildman–Crippen MR) is 92.3 cm³/mol. The molecule has 0 unspecified atom stereocenters. The molecule has 0 bridgehead atoms. The molecule has 2 rings (SSSR count). The quantitative estimate of drug-likeness (QED) is 0.757. The van der Waals surface area contributed by atoms with Crippen molar-refractivity contribution in [3.63, 3.8) is 0 Å². The summed E-state index contributed by atoms with van der Waals surface area (Å²) in [5.74, 6) is -0.108. The van der Waals surface area contributed by atoms with Crippen molar-refractivity contribution in [2.45, 2.75) is 13.3 Å². The molecule has 1 aromatic carbocycles. The predicted octanol–water partition coefficient (Wildman–Crippen LogP) is 2.81.